The van der Waals surface area contributed by atoms with E-state index in [-0.39, 0.29) is 11.4 Å². The van der Waals surface area contributed by atoms with Crippen LogP contribution in [0.2, 0.25) is 0 Å². The van der Waals surface area contributed by atoms with Crippen LogP contribution < -0.4 is 0 Å². The lowest BCUT2D eigenvalue weighted by Gasteiger charge is -2.21. The molecule has 90 valence electrons. The molecule has 4 rings (SSSR count). The monoisotopic (exact) mass is 238 g/mol. The Kier molecular flexibility index (Phi) is 1.88. The van der Waals surface area contributed by atoms with E-state index < -0.39 is 0 Å². The quantitative estimate of drug-likeness (QED) is 0.714. The topological polar surface area (TPSA) is 26.3 Å². The lowest BCUT2D eigenvalue weighted by Crippen LogP contribution is -2.30. The molecule has 0 aromatic heterocycles. The summed E-state index contributed by atoms with van der Waals surface area (Å²) in [6.45, 7) is 0.596. The van der Waals surface area contributed by atoms with Gasteiger partial charge in [0, 0.05) is 0 Å². The summed E-state index contributed by atoms with van der Waals surface area (Å²) in [5.41, 5.74) is 0.818. The van der Waals surface area contributed by atoms with Crippen LogP contribution in [0.3, 0.4) is 0 Å². The number of esters is 1. The fraction of sp³-hybridized carbons (Fsp3) is 0.312. The van der Waals surface area contributed by atoms with Gasteiger partial charge in [0.15, 0.2) is 0 Å². The van der Waals surface area contributed by atoms with Crippen molar-refractivity contribution >= 4 is 16.7 Å². The zero-order valence-electron chi connectivity index (χ0n) is 10.1. The van der Waals surface area contributed by atoms with Gasteiger partial charge in [-0.1, -0.05) is 36.4 Å². The van der Waals surface area contributed by atoms with E-state index in [4.69, 9.17) is 4.74 Å². The maximum atomic E-state index is 12.1. The maximum absolute atomic E-state index is 12.1. The summed E-state index contributed by atoms with van der Waals surface area (Å²) in [5.74, 6) is 0.481. The summed E-state index contributed by atoms with van der Waals surface area (Å²) in [5, 5.41) is 2.42. The van der Waals surface area contributed by atoms with Crippen molar-refractivity contribution in [2.45, 2.75) is 18.3 Å². The van der Waals surface area contributed by atoms with Gasteiger partial charge in [-0.15, -0.1) is 0 Å². The van der Waals surface area contributed by atoms with Gasteiger partial charge >= 0.3 is 5.97 Å². The fourth-order valence-corrected chi connectivity index (χ4v) is 3.29. The van der Waals surface area contributed by atoms with Gasteiger partial charge in [-0.2, -0.15) is 0 Å². The number of carbonyl (C=O) groups is 1. The molecule has 2 nitrogen and oxygen atoms in total. The molecule has 2 aromatic rings. The molecule has 2 aliphatic rings. The third-order valence-electron chi connectivity index (χ3n) is 4.43. The lowest BCUT2D eigenvalue weighted by molar-refractivity contribution is -0.150. The minimum Gasteiger partial charge on any atom is -0.465 e. The molecule has 1 aliphatic heterocycles. The Hall–Kier alpha value is -1.83. The molecule has 0 amide bonds. The third kappa shape index (κ3) is 1.20. The molecule has 0 bridgehead atoms. The zero-order chi connectivity index (χ0) is 12.2. The number of carbonyl (C=O) groups excluding carboxylic acids is 1. The van der Waals surface area contributed by atoms with Crippen LogP contribution in [0, 0.1) is 5.92 Å². The van der Waals surface area contributed by atoms with Crippen LogP contribution in [0.5, 0.6) is 0 Å². The number of ether oxygens (including phenoxy) is 1. The predicted molar refractivity (Wildman–Crippen MR) is 69.3 cm³/mol. The van der Waals surface area contributed by atoms with E-state index in [1.54, 1.807) is 0 Å². The third-order valence-corrected chi connectivity index (χ3v) is 4.43. The SMILES string of the molecule is O=C1OCCC2CC12c1ccc2ccccc2c1. The first-order valence-electron chi connectivity index (χ1n) is 6.47. The van der Waals surface area contributed by atoms with Crippen LogP contribution >= 0.6 is 0 Å². The van der Waals surface area contributed by atoms with Crippen molar-refractivity contribution in [1.82, 2.24) is 0 Å². The van der Waals surface area contributed by atoms with Crippen molar-refractivity contribution < 1.29 is 9.53 Å². The summed E-state index contributed by atoms with van der Waals surface area (Å²) in [6, 6.07) is 14.6. The average molecular weight is 238 g/mol. The van der Waals surface area contributed by atoms with Crippen molar-refractivity contribution in [3.63, 3.8) is 0 Å². The Bertz CT molecular complexity index is 646. The van der Waals surface area contributed by atoms with Crippen LogP contribution in [-0.2, 0) is 14.9 Å². The smallest absolute Gasteiger partial charge is 0.316 e. The standard InChI is InChI=1S/C16H14O2/c17-15-16(10-14(16)7-8-18-15)13-6-5-11-3-1-2-4-12(11)9-13/h1-6,9,14H,7-8,10H2. The van der Waals surface area contributed by atoms with Crippen molar-refractivity contribution in [3.8, 4) is 0 Å². The molecular weight excluding hydrogens is 224 g/mol. The Morgan fingerprint density at radius 1 is 1.11 bits per heavy atom. The molecule has 2 unspecified atom stereocenters. The second kappa shape index (κ2) is 3.35. The second-order valence-electron chi connectivity index (χ2n) is 5.36. The summed E-state index contributed by atoms with van der Waals surface area (Å²) in [6.07, 6.45) is 1.97. The number of hydrogen-bond donors (Lipinski definition) is 0. The van der Waals surface area contributed by atoms with Crippen molar-refractivity contribution in [2.75, 3.05) is 6.61 Å². The van der Waals surface area contributed by atoms with E-state index >= 15 is 0 Å². The first kappa shape index (κ1) is 10.1. The number of cyclic esters (lactones) is 1. The molecule has 1 heterocycles. The van der Waals surface area contributed by atoms with Gasteiger partial charge in [-0.05, 0) is 41.2 Å². The minimum absolute atomic E-state index is 0.0194. The number of rotatable bonds is 1. The van der Waals surface area contributed by atoms with Gasteiger partial charge in [-0.25, -0.2) is 0 Å². The second-order valence-corrected chi connectivity index (χ2v) is 5.36. The molecular formula is C16H14O2. The van der Waals surface area contributed by atoms with E-state index in [1.807, 2.05) is 12.1 Å². The molecule has 2 heteroatoms. The predicted octanol–water partition coefficient (Wildman–Crippen LogP) is 3.04. The van der Waals surface area contributed by atoms with Crippen molar-refractivity contribution in [3.05, 3.63) is 48.0 Å². The van der Waals surface area contributed by atoms with Gasteiger partial charge in [0.25, 0.3) is 0 Å². The highest BCUT2D eigenvalue weighted by molar-refractivity contribution is 5.91. The van der Waals surface area contributed by atoms with Gasteiger partial charge in [0.2, 0.25) is 0 Å². The van der Waals surface area contributed by atoms with Crippen LogP contribution in [0.1, 0.15) is 18.4 Å². The van der Waals surface area contributed by atoms with Crippen molar-refractivity contribution in [2.24, 2.45) is 5.92 Å². The first-order valence-corrected chi connectivity index (χ1v) is 6.47. The summed E-state index contributed by atoms with van der Waals surface area (Å²) < 4.78 is 5.26. The van der Waals surface area contributed by atoms with Crippen molar-refractivity contribution in [1.29, 1.82) is 0 Å². The Morgan fingerprint density at radius 3 is 2.78 bits per heavy atom. The molecule has 0 spiro atoms. The van der Waals surface area contributed by atoms with Gasteiger partial charge < -0.3 is 4.74 Å². The summed E-state index contributed by atoms with van der Waals surface area (Å²) >= 11 is 0. The average Bonchev–Trinajstić information content (AvgIpc) is 3.15. The molecule has 1 aliphatic carbocycles. The molecule has 2 atom stereocenters. The minimum atomic E-state index is -0.317. The highest BCUT2D eigenvalue weighted by Crippen LogP contribution is 2.59. The largest absolute Gasteiger partial charge is 0.465 e. The van der Waals surface area contributed by atoms with Gasteiger partial charge in [0.1, 0.15) is 0 Å². The molecule has 1 saturated carbocycles. The summed E-state index contributed by atoms with van der Waals surface area (Å²) in [7, 11) is 0. The van der Waals surface area contributed by atoms with Gasteiger partial charge in [0.05, 0.1) is 12.0 Å². The number of fused-ring (bicyclic) bond motifs is 2. The molecule has 0 radical (unpaired) electrons. The van der Waals surface area contributed by atoms with Crippen LogP contribution in [-0.4, -0.2) is 12.6 Å². The van der Waals surface area contributed by atoms with E-state index in [9.17, 15) is 4.79 Å². The molecule has 2 fully saturated rings. The lowest BCUT2D eigenvalue weighted by atomic mass is 9.89. The fourth-order valence-electron chi connectivity index (χ4n) is 3.29. The van der Waals surface area contributed by atoms with E-state index in [0.29, 0.717) is 12.5 Å². The van der Waals surface area contributed by atoms with E-state index in [1.165, 1.54) is 10.8 Å². The summed E-state index contributed by atoms with van der Waals surface area (Å²) in [4.78, 5) is 12.1. The maximum Gasteiger partial charge on any atom is 0.316 e. The number of hydrogen-bond acceptors (Lipinski definition) is 2. The first-order chi connectivity index (χ1) is 8.80. The normalized spacial score (nSPS) is 29.8. The Morgan fingerprint density at radius 2 is 1.94 bits per heavy atom. The Balaban J connectivity index is 1.86. The highest BCUT2D eigenvalue weighted by Gasteiger charge is 2.63. The number of benzene rings is 2. The molecule has 1 saturated heterocycles. The van der Waals surface area contributed by atoms with Crippen LogP contribution in [0.15, 0.2) is 42.5 Å². The van der Waals surface area contributed by atoms with E-state index in [2.05, 4.69) is 30.3 Å². The van der Waals surface area contributed by atoms with Gasteiger partial charge in [-0.3, -0.25) is 4.79 Å². The van der Waals surface area contributed by atoms with Crippen LogP contribution in [0.25, 0.3) is 10.8 Å². The zero-order valence-corrected chi connectivity index (χ0v) is 10.1. The highest BCUT2D eigenvalue weighted by atomic mass is 16.5. The molecule has 0 N–H and O–H groups in total. The Labute approximate surface area is 106 Å². The van der Waals surface area contributed by atoms with Crippen LogP contribution in [0.4, 0.5) is 0 Å². The van der Waals surface area contributed by atoms with E-state index in [0.717, 1.165) is 18.4 Å². The molecule has 2 aromatic carbocycles. The molecule has 18 heavy (non-hydrogen) atoms.